The summed E-state index contributed by atoms with van der Waals surface area (Å²) in [7, 11) is 0. The van der Waals surface area contributed by atoms with Crippen molar-refractivity contribution in [1.82, 2.24) is 14.3 Å². The maximum atomic E-state index is 12.4. The van der Waals surface area contributed by atoms with Crippen molar-refractivity contribution >= 4 is 5.65 Å². The number of benzene rings is 1. The molecule has 1 fully saturated rings. The average Bonchev–Trinajstić information content (AvgIpc) is 2.66. The van der Waals surface area contributed by atoms with Crippen molar-refractivity contribution in [2.24, 2.45) is 0 Å². The second kappa shape index (κ2) is 7.02. The summed E-state index contributed by atoms with van der Waals surface area (Å²) in [6.45, 7) is 5.64. The van der Waals surface area contributed by atoms with E-state index >= 15 is 0 Å². The second-order valence-corrected chi connectivity index (χ2v) is 6.94. The van der Waals surface area contributed by atoms with Gasteiger partial charge in [0.25, 0.3) is 5.56 Å². The van der Waals surface area contributed by atoms with Gasteiger partial charge in [-0.05, 0) is 31.5 Å². The van der Waals surface area contributed by atoms with Gasteiger partial charge in [-0.2, -0.15) is 0 Å². The highest BCUT2D eigenvalue weighted by Crippen LogP contribution is 2.31. The molecule has 1 aliphatic rings. The summed E-state index contributed by atoms with van der Waals surface area (Å²) in [5.41, 5.74) is 2.62. The van der Waals surface area contributed by atoms with Crippen molar-refractivity contribution in [2.45, 2.75) is 38.6 Å². The van der Waals surface area contributed by atoms with Gasteiger partial charge < -0.3 is 4.74 Å². The van der Waals surface area contributed by atoms with Gasteiger partial charge in [0, 0.05) is 30.9 Å². The van der Waals surface area contributed by atoms with E-state index in [2.05, 4.69) is 35.9 Å². The van der Waals surface area contributed by atoms with E-state index in [1.54, 1.807) is 16.7 Å². The van der Waals surface area contributed by atoms with Crippen molar-refractivity contribution in [3.8, 4) is 0 Å². The molecule has 5 heteroatoms. The summed E-state index contributed by atoms with van der Waals surface area (Å²) in [6, 6.07) is 18.0. The molecule has 2 aromatic heterocycles. The first kappa shape index (κ1) is 16.9. The lowest BCUT2D eigenvalue weighted by Gasteiger charge is -2.43. The molecule has 0 aliphatic carbocycles. The molecule has 0 unspecified atom stereocenters. The number of pyridine rings is 1. The molecular weight excluding hydrogens is 326 g/mol. The first-order chi connectivity index (χ1) is 12.6. The lowest BCUT2D eigenvalue weighted by atomic mass is 9.98. The minimum absolute atomic E-state index is 0.0222. The molecule has 0 amide bonds. The molecule has 3 heterocycles. The number of fused-ring (bicyclic) bond motifs is 1. The van der Waals surface area contributed by atoms with Crippen LogP contribution in [0.3, 0.4) is 0 Å². The Labute approximate surface area is 152 Å². The molecule has 3 aromatic rings. The van der Waals surface area contributed by atoms with Gasteiger partial charge in [-0.1, -0.05) is 36.4 Å². The minimum atomic E-state index is -0.0428. The highest BCUT2D eigenvalue weighted by atomic mass is 16.5. The quantitative estimate of drug-likeness (QED) is 0.729. The van der Waals surface area contributed by atoms with Crippen LogP contribution in [0, 0.1) is 0 Å². The molecule has 5 nitrogen and oxygen atoms in total. The highest BCUT2D eigenvalue weighted by molar-refractivity contribution is 5.38. The minimum Gasteiger partial charge on any atom is -0.370 e. The van der Waals surface area contributed by atoms with Crippen molar-refractivity contribution in [3.05, 3.63) is 82.4 Å². The monoisotopic (exact) mass is 349 g/mol. The van der Waals surface area contributed by atoms with Crippen LogP contribution in [0.2, 0.25) is 0 Å². The smallest absolute Gasteiger partial charge is 0.258 e. The Morgan fingerprint density at radius 2 is 1.88 bits per heavy atom. The maximum Gasteiger partial charge on any atom is 0.258 e. The molecule has 1 saturated heterocycles. The molecule has 4 rings (SSSR count). The Morgan fingerprint density at radius 1 is 1.12 bits per heavy atom. The second-order valence-electron chi connectivity index (χ2n) is 6.94. The number of hydrogen-bond acceptors (Lipinski definition) is 4. The van der Waals surface area contributed by atoms with Crippen molar-refractivity contribution in [3.63, 3.8) is 0 Å². The number of aromatic nitrogens is 2. The lowest BCUT2D eigenvalue weighted by Crippen LogP contribution is -2.50. The van der Waals surface area contributed by atoms with E-state index in [0.29, 0.717) is 18.8 Å². The molecule has 134 valence electrons. The van der Waals surface area contributed by atoms with E-state index < -0.39 is 0 Å². The summed E-state index contributed by atoms with van der Waals surface area (Å²) in [4.78, 5) is 19.4. The Balaban J connectivity index is 1.63. The van der Waals surface area contributed by atoms with E-state index in [4.69, 9.17) is 4.74 Å². The van der Waals surface area contributed by atoms with E-state index in [-0.39, 0.29) is 23.7 Å². The fourth-order valence-corrected chi connectivity index (χ4v) is 3.74. The standard InChI is InChI=1S/C21H23N3O2/c1-15-14-26-21(17-8-4-3-5-9-17)16(2)24(15)13-18-12-20(25)23-11-7-6-10-19(23)22-18/h3-12,15-16,21H,13-14H2,1-2H3/t15-,16-,21+/m1/s1. The van der Waals surface area contributed by atoms with E-state index in [9.17, 15) is 4.79 Å². The highest BCUT2D eigenvalue weighted by Gasteiger charge is 2.34. The third-order valence-electron chi connectivity index (χ3n) is 5.14. The topological polar surface area (TPSA) is 46.8 Å². The van der Waals surface area contributed by atoms with E-state index in [0.717, 1.165) is 5.69 Å². The first-order valence-corrected chi connectivity index (χ1v) is 9.03. The maximum absolute atomic E-state index is 12.4. The zero-order chi connectivity index (χ0) is 18.1. The predicted molar refractivity (Wildman–Crippen MR) is 101 cm³/mol. The largest absolute Gasteiger partial charge is 0.370 e. The third kappa shape index (κ3) is 3.16. The summed E-state index contributed by atoms with van der Waals surface area (Å²) in [6.07, 6.45) is 1.77. The van der Waals surface area contributed by atoms with Crippen LogP contribution < -0.4 is 5.56 Å². The van der Waals surface area contributed by atoms with Crippen LogP contribution in [0.4, 0.5) is 0 Å². The Morgan fingerprint density at radius 3 is 2.69 bits per heavy atom. The Kier molecular flexibility index (Phi) is 4.57. The van der Waals surface area contributed by atoms with E-state index in [1.165, 1.54) is 5.56 Å². The van der Waals surface area contributed by atoms with Crippen molar-refractivity contribution < 1.29 is 4.74 Å². The number of hydrogen-bond donors (Lipinski definition) is 0. The van der Waals surface area contributed by atoms with Crippen molar-refractivity contribution in [2.75, 3.05) is 6.61 Å². The molecule has 0 saturated carbocycles. The molecule has 1 aliphatic heterocycles. The SMILES string of the molecule is C[C@@H]1CO[C@H](c2ccccc2)[C@@H](C)N1Cc1cc(=O)n2ccccc2n1. The predicted octanol–water partition coefficient (Wildman–Crippen LogP) is 3.05. The van der Waals surface area contributed by atoms with Gasteiger partial charge in [0.1, 0.15) is 5.65 Å². The molecule has 0 N–H and O–H groups in total. The zero-order valence-corrected chi connectivity index (χ0v) is 15.1. The van der Waals surface area contributed by atoms with Gasteiger partial charge in [-0.25, -0.2) is 4.98 Å². The fourth-order valence-electron chi connectivity index (χ4n) is 3.74. The van der Waals surface area contributed by atoms with Crippen LogP contribution in [0.5, 0.6) is 0 Å². The van der Waals surface area contributed by atoms with Crippen LogP contribution >= 0.6 is 0 Å². The lowest BCUT2D eigenvalue weighted by molar-refractivity contribution is -0.0996. The van der Waals surface area contributed by atoms with Crippen LogP contribution in [0.15, 0.2) is 65.6 Å². The Hall–Kier alpha value is -2.50. The van der Waals surface area contributed by atoms with E-state index in [1.807, 2.05) is 36.4 Å². The summed E-state index contributed by atoms with van der Waals surface area (Å²) >= 11 is 0. The summed E-state index contributed by atoms with van der Waals surface area (Å²) in [5, 5.41) is 0. The molecule has 3 atom stereocenters. The number of ether oxygens (including phenoxy) is 1. The molecule has 0 radical (unpaired) electrons. The molecule has 1 aromatic carbocycles. The van der Waals surface area contributed by atoms with Crippen LogP contribution in [0.25, 0.3) is 5.65 Å². The van der Waals surface area contributed by atoms with Gasteiger partial charge in [0.05, 0.1) is 18.4 Å². The van der Waals surface area contributed by atoms with Crippen LogP contribution in [-0.2, 0) is 11.3 Å². The third-order valence-corrected chi connectivity index (χ3v) is 5.14. The fraction of sp³-hybridized carbons (Fsp3) is 0.333. The summed E-state index contributed by atoms with van der Waals surface area (Å²) < 4.78 is 7.69. The normalized spacial score (nSPS) is 24.0. The number of nitrogens with zero attached hydrogens (tertiary/aromatic N) is 3. The van der Waals surface area contributed by atoms with Crippen LogP contribution in [0.1, 0.15) is 31.2 Å². The van der Waals surface area contributed by atoms with Gasteiger partial charge in [-0.15, -0.1) is 0 Å². The first-order valence-electron chi connectivity index (χ1n) is 9.03. The van der Waals surface area contributed by atoms with Crippen molar-refractivity contribution in [1.29, 1.82) is 0 Å². The zero-order valence-electron chi connectivity index (χ0n) is 15.1. The van der Waals surface area contributed by atoms with Gasteiger partial charge in [0.2, 0.25) is 0 Å². The number of rotatable bonds is 3. The average molecular weight is 349 g/mol. The Bertz CT molecular complexity index is 954. The molecular formula is C21H23N3O2. The number of morpholine rings is 1. The van der Waals surface area contributed by atoms with Gasteiger partial charge in [0.15, 0.2) is 0 Å². The molecule has 0 spiro atoms. The van der Waals surface area contributed by atoms with Crippen LogP contribution in [-0.4, -0.2) is 33.0 Å². The molecule has 26 heavy (non-hydrogen) atoms. The molecule has 0 bridgehead atoms. The summed E-state index contributed by atoms with van der Waals surface area (Å²) in [5.74, 6) is 0. The van der Waals surface area contributed by atoms with Gasteiger partial charge in [-0.3, -0.25) is 14.1 Å². The van der Waals surface area contributed by atoms with Gasteiger partial charge >= 0.3 is 0 Å².